The number of aliphatic hydroxyl groups is 1. The minimum absolute atomic E-state index is 0.0483. The van der Waals surface area contributed by atoms with Gasteiger partial charge in [-0.15, -0.1) is 0 Å². The van der Waals surface area contributed by atoms with Crippen molar-refractivity contribution in [3.63, 3.8) is 0 Å². The zero-order chi connectivity index (χ0) is 15.3. The summed E-state index contributed by atoms with van der Waals surface area (Å²) in [4.78, 5) is 4.07. The molecule has 0 bridgehead atoms. The lowest BCUT2D eigenvalue weighted by atomic mass is 10.1. The third kappa shape index (κ3) is 3.53. The standard InChI is InChI=1S/C14H23N3O3S/c1-2-15-13-8-6-9-16-14(13)21(19,20)17-10-5-3-4-7-12(17)11-18/h6,8-9,12,15,18H,2-5,7,10-11H2,1H3. The molecule has 1 aromatic heterocycles. The van der Waals surface area contributed by atoms with Gasteiger partial charge in [0.1, 0.15) is 0 Å². The maximum atomic E-state index is 12.9. The molecule has 21 heavy (non-hydrogen) atoms. The molecular weight excluding hydrogens is 290 g/mol. The van der Waals surface area contributed by atoms with Crippen molar-refractivity contribution in [1.82, 2.24) is 9.29 Å². The summed E-state index contributed by atoms with van der Waals surface area (Å²) in [7, 11) is -3.70. The fraction of sp³-hybridized carbons (Fsp3) is 0.643. The van der Waals surface area contributed by atoms with Crippen LogP contribution in [0.15, 0.2) is 23.4 Å². The summed E-state index contributed by atoms with van der Waals surface area (Å²) in [5.74, 6) is 0. The van der Waals surface area contributed by atoms with Crippen LogP contribution in [0.4, 0.5) is 5.69 Å². The van der Waals surface area contributed by atoms with E-state index in [0.717, 1.165) is 19.3 Å². The first-order valence-electron chi connectivity index (χ1n) is 7.42. The van der Waals surface area contributed by atoms with E-state index in [4.69, 9.17) is 0 Å². The van der Waals surface area contributed by atoms with Crippen LogP contribution in [-0.2, 0) is 10.0 Å². The van der Waals surface area contributed by atoms with Crippen LogP contribution in [-0.4, -0.2) is 48.6 Å². The van der Waals surface area contributed by atoms with Crippen molar-refractivity contribution in [2.24, 2.45) is 0 Å². The molecule has 0 radical (unpaired) electrons. The van der Waals surface area contributed by atoms with Crippen molar-refractivity contribution >= 4 is 15.7 Å². The summed E-state index contributed by atoms with van der Waals surface area (Å²) in [6.07, 6.45) is 4.93. The van der Waals surface area contributed by atoms with Crippen LogP contribution >= 0.6 is 0 Å². The molecule has 1 aliphatic heterocycles. The minimum atomic E-state index is -3.70. The van der Waals surface area contributed by atoms with Gasteiger partial charge in [-0.25, -0.2) is 13.4 Å². The Balaban J connectivity index is 2.40. The molecule has 0 saturated carbocycles. The number of hydrogen-bond donors (Lipinski definition) is 2. The summed E-state index contributed by atoms with van der Waals surface area (Å²) in [6.45, 7) is 2.82. The Morgan fingerprint density at radius 2 is 2.24 bits per heavy atom. The second kappa shape index (κ2) is 7.20. The first kappa shape index (κ1) is 16.2. The van der Waals surface area contributed by atoms with Crippen LogP contribution in [0, 0.1) is 0 Å². The lowest BCUT2D eigenvalue weighted by molar-refractivity contribution is 0.186. The molecule has 0 amide bonds. The minimum Gasteiger partial charge on any atom is -0.395 e. The predicted octanol–water partition coefficient (Wildman–Crippen LogP) is 1.44. The van der Waals surface area contributed by atoms with Gasteiger partial charge in [-0.05, 0) is 31.9 Å². The fourth-order valence-corrected chi connectivity index (χ4v) is 4.45. The average molecular weight is 313 g/mol. The Bertz CT molecular complexity index is 562. The average Bonchev–Trinajstić information content (AvgIpc) is 2.73. The number of rotatable bonds is 5. The van der Waals surface area contributed by atoms with Gasteiger partial charge in [-0.2, -0.15) is 4.31 Å². The van der Waals surface area contributed by atoms with E-state index in [1.165, 1.54) is 10.5 Å². The molecule has 2 heterocycles. The number of anilines is 1. The van der Waals surface area contributed by atoms with Gasteiger partial charge in [-0.3, -0.25) is 0 Å². The van der Waals surface area contributed by atoms with Crippen molar-refractivity contribution in [3.05, 3.63) is 18.3 Å². The monoisotopic (exact) mass is 313 g/mol. The molecule has 1 fully saturated rings. The summed E-state index contributed by atoms with van der Waals surface area (Å²) < 4.78 is 27.3. The molecule has 2 N–H and O–H groups in total. The van der Waals surface area contributed by atoms with Crippen LogP contribution in [0.2, 0.25) is 0 Å². The van der Waals surface area contributed by atoms with Crippen molar-refractivity contribution < 1.29 is 13.5 Å². The highest BCUT2D eigenvalue weighted by Crippen LogP contribution is 2.27. The number of pyridine rings is 1. The maximum absolute atomic E-state index is 12.9. The first-order chi connectivity index (χ1) is 10.1. The van der Waals surface area contributed by atoms with Gasteiger partial charge >= 0.3 is 0 Å². The molecule has 1 atom stereocenters. The lowest BCUT2D eigenvalue weighted by Crippen LogP contribution is -2.42. The summed E-state index contributed by atoms with van der Waals surface area (Å²) in [5.41, 5.74) is 0.515. The highest BCUT2D eigenvalue weighted by molar-refractivity contribution is 7.89. The number of aromatic nitrogens is 1. The Hall–Kier alpha value is -1.18. The van der Waals surface area contributed by atoms with Crippen LogP contribution < -0.4 is 5.32 Å². The number of aliphatic hydroxyl groups excluding tert-OH is 1. The SMILES string of the molecule is CCNc1cccnc1S(=O)(=O)N1CCCCCC1CO. The summed E-state index contributed by atoms with van der Waals surface area (Å²) >= 11 is 0. The largest absolute Gasteiger partial charge is 0.395 e. The second-order valence-electron chi connectivity index (χ2n) is 5.19. The molecular formula is C14H23N3O3S. The Morgan fingerprint density at radius 1 is 1.43 bits per heavy atom. The van der Waals surface area contributed by atoms with Gasteiger partial charge in [0, 0.05) is 25.3 Å². The normalized spacial score (nSPS) is 21.0. The van der Waals surface area contributed by atoms with Crippen molar-refractivity contribution in [3.8, 4) is 0 Å². The van der Waals surface area contributed by atoms with Gasteiger partial charge in [0.25, 0.3) is 10.0 Å². The molecule has 1 unspecified atom stereocenters. The lowest BCUT2D eigenvalue weighted by Gasteiger charge is -2.27. The Labute approximate surface area is 126 Å². The number of sulfonamides is 1. The molecule has 7 heteroatoms. The van der Waals surface area contributed by atoms with E-state index in [9.17, 15) is 13.5 Å². The first-order valence-corrected chi connectivity index (χ1v) is 8.87. The number of hydrogen-bond acceptors (Lipinski definition) is 5. The van der Waals surface area contributed by atoms with E-state index in [0.29, 0.717) is 25.2 Å². The second-order valence-corrected chi connectivity index (χ2v) is 6.99. The van der Waals surface area contributed by atoms with E-state index in [-0.39, 0.29) is 17.7 Å². The summed E-state index contributed by atoms with van der Waals surface area (Å²) in [6, 6.07) is 3.08. The van der Waals surface area contributed by atoms with Gasteiger partial charge < -0.3 is 10.4 Å². The molecule has 0 spiro atoms. The molecule has 0 aliphatic carbocycles. The topological polar surface area (TPSA) is 82.5 Å². The van der Waals surface area contributed by atoms with Crippen molar-refractivity contribution in [2.45, 2.75) is 43.7 Å². The predicted molar refractivity (Wildman–Crippen MR) is 81.6 cm³/mol. The van der Waals surface area contributed by atoms with Crippen LogP contribution in [0.1, 0.15) is 32.6 Å². The van der Waals surface area contributed by atoms with Gasteiger partial charge in [0.2, 0.25) is 0 Å². The quantitative estimate of drug-likeness (QED) is 0.859. The fourth-order valence-electron chi connectivity index (χ4n) is 2.68. The van der Waals surface area contributed by atoms with Crippen LogP contribution in [0.3, 0.4) is 0 Å². The molecule has 1 aliphatic rings. The van der Waals surface area contributed by atoms with E-state index < -0.39 is 10.0 Å². The van der Waals surface area contributed by atoms with Gasteiger partial charge in [-0.1, -0.05) is 12.8 Å². The molecule has 1 saturated heterocycles. The molecule has 1 aromatic rings. The van der Waals surface area contributed by atoms with Crippen LogP contribution in [0.25, 0.3) is 0 Å². The summed E-state index contributed by atoms with van der Waals surface area (Å²) in [5, 5.41) is 12.6. The highest BCUT2D eigenvalue weighted by atomic mass is 32.2. The van der Waals surface area contributed by atoms with Crippen LogP contribution in [0.5, 0.6) is 0 Å². The van der Waals surface area contributed by atoms with E-state index in [1.54, 1.807) is 12.1 Å². The highest BCUT2D eigenvalue weighted by Gasteiger charge is 2.34. The van der Waals surface area contributed by atoms with E-state index in [2.05, 4.69) is 10.3 Å². The maximum Gasteiger partial charge on any atom is 0.262 e. The Kier molecular flexibility index (Phi) is 5.55. The molecule has 118 valence electrons. The molecule has 0 aromatic carbocycles. The molecule has 6 nitrogen and oxygen atoms in total. The third-order valence-corrected chi connectivity index (χ3v) is 5.64. The third-order valence-electron chi connectivity index (χ3n) is 3.73. The zero-order valence-corrected chi connectivity index (χ0v) is 13.1. The molecule has 2 rings (SSSR count). The van der Waals surface area contributed by atoms with Crippen molar-refractivity contribution in [1.29, 1.82) is 0 Å². The van der Waals surface area contributed by atoms with E-state index >= 15 is 0 Å². The van der Waals surface area contributed by atoms with Gasteiger partial charge in [0.05, 0.1) is 12.3 Å². The Morgan fingerprint density at radius 3 is 2.95 bits per heavy atom. The van der Waals surface area contributed by atoms with Gasteiger partial charge in [0.15, 0.2) is 5.03 Å². The smallest absolute Gasteiger partial charge is 0.262 e. The number of nitrogens with one attached hydrogen (secondary N) is 1. The van der Waals surface area contributed by atoms with E-state index in [1.807, 2.05) is 6.92 Å². The van der Waals surface area contributed by atoms with Crippen molar-refractivity contribution in [2.75, 3.05) is 25.0 Å². The zero-order valence-electron chi connectivity index (χ0n) is 12.3. The number of nitrogens with zero attached hydrogens (tertiary/aromatic N) is 2.